The Labute approximate surface area is 205 Å². The predicted octanol–water partition coefficient (Wildman–Crippen LogP) is 10.9. The summed E-state index contributed by atoms with van der Waals surface area (Å²) < 4.78 is 3.50. The first kappa shape index (κ1) is 23.4. The van der Waals surface area contributed by atoms with Gasteiger partial charge < -0.3 is 0 Å². The van der Waals surface area contributed by atoms with E-state index in [2.05, 4.69) is 29.6 Å². The summed E-state index contributed by atoms with van der Waals surface area (Å²) in [5.74, 6) is 2.71. The van der Waals surface area contributed by atoms with E-state index in [9.17, 15) is 0 Å². The van der Waals surface area contributed by atoms with Gasteiger partial charge in [0, 0.05) is 19.2 Å². The third kappa shape index (κ3) is 5.17. The van der Waals surface area contributed by atoms with E-state index >= 15 is 0 Å². The van der Waals surface area contributed by atoms with Crippen LogP contribution < -0.4 is 0 Å². The Morgan fingerprint density at radius 3 is 1.75 bits per heavy atom. The summed E-state index contributed by atoms with van der Waals surface area (Å²) in [6.07, 6.45) is 29.2. The highest BCUT2D eigenvalue weighted by Gasteiger charge is 2.33. The van der Waals surface area contributed by atoms with Gasteiger partial charge in [-0.3, -0.25) is 0 Å². The molecule has 2 atom stereocenters. The fraction of sp³-hybridized carbons (Fsp3) is 0.800. The number of thiophene rings is 2. The van der Waals surface area contributed by atoms with Crippen molar-refractivity contribution in [3.63, 3.8) is 0 Å². The van der Waals surface area contributed by atoms with Gasteiger partial charge >= 0.3 is 0 Å². The number of aryl methyl sites for hydroxylation is 1. The summed E-state index contributed by atoms with van der Waals surface area (Å²) in [6.45, 7) is 2.44. The highest BCUT2D eigenvalue weighted by atomic mass is 32.1. The van der Waals surface area contributed by atoms with Crippen molar-refractivity contribution in [2.45, 2.75) is 147 Å². The monoisotopic (exact) mass is 470 g/mol. The second kappa shape index (κ2) is 11.4. The van der Waals surface area contributed by atoms with Gasteiger partial charge in [-0.25, -0.2) is 0 Å². The largest absolute Gasteiger partial charge is 0.138 e. The molecular formula is C30H46S2. The van der Waals surface area contributed by atoms with E-state index in [1.807, 2.05) is 15.3 Å². The molecule has 0 aromatic carbocycles. The van der Waals surface area contributed by atoms with E-state index < -0.39 is 0 Å². The Kier molecular flexibility index (Phi) is 8.33. The van der Waals surface area contributed by atoms with E-state index in [0.717, 1.165) is 17.8 Å². The molecule has 0 amide bonds. The van der Waals surface area contributed by atoms with E-state index in [-0.39, 0.29) is 0 Å². The maximum Gasteiger partial charge on any atom is 0.0491 e. The van der Waals surface area contributed by atoms with Gasteiger partial charge in [0.2, 0.25) is 0 Å². The van der Waals surface area contributed by atoms with E-state index in [1.165, 1.54) is 128 Å². The Bertz CT molecular complexity index is 844. The average Bonchev–Trinajstić information content (AvgIpc) is 3.32. The molecule has 0 saturated heterocycles. The molecule has 2 saturated carbocycles. The first-order chi connectivity index (χ1) is 15.8. The Balaban J connectivity index is 1.46. The van der Waals surface area contributed by atoms with Crippen LogP contribution in [-0.4, -0.2) is 0 Å². The highest BCUT2D eigenvalue weighted by molar-refractivity contribution is 7.28. The second-order valence-corrected chi connectivity index (χ2v) is 13.5. The van der Waals surface area contributed by atoms with Gasteiger partial charge in [-0.1, -0.05) is 96.8 Å². The summed E-state index contributed by atoms with van der Waals surface area (Å²) in [5, 5.41) is 0. The normalized spacial score (nSPS) is 27.0. The average molecular weight is 471 g/mol. The summed E-state index contributed by atoms with van der Waals surface area (Å²) in [4.78, 5) is 3.67. The molecule has 2 heteroatoms. The molecule has 2 heterocycles. The van der Waals surface area contributed by atoms with Crippen LogP contribution in [0.15, 0.2) is 0 Å². The van der Waals surface area contributed by atoms with Crippen molar-refractivity contribution in [1.29, 1.82) is 0 Å². The Morgan fingerprint density at radius 1 is 0.594 bits per heavy atom. The molecule has 0 nitrogen and oxygen atoms in total. The van der Waals surface area contributed by atoms with Crippen LogP contribution in [-0.2, 0) is 12.8 Å². The van der Waals surface area contributed by atoms with Crippen molar-refractivity contribution in [3.8, 4) is 0 Å². The van der Waals surface area contributed by atoms with Gasteiger partial charge in [0.05, 0.1) is 0 Å². The lowest BCUT2D eigenvalue weighted by molar-refractivity contribution is 0.342. The van der Waals surface area contributed by atoms with Crippen LogP contribution in [0.3, 0.4) is 0 Å². The molecule has 3 aliphatic carbocycles. The number of hydrogen-bond donors (Lipinski definition) is 0. The molecule has 0 N–H and O–H groups in total. The third-order valence-corrected chi connectivity index (χ3v) is 12.0. The quantitative estimate of drug-likeness (QED) is 0.409. The lowest BCUT2D eigenvalue weighted by Gasteiger charge is -2.30. The number of hydrogen-bond acceptors (Lipinski definition) is 2. The van der Waals surface area contributed by atoms with Gasteiger partial charge in [0.15, 0.2) is 0 Å². The van der Waals surface area contributed by atoms with Crippen molar-refractivity contribution >= 4 is 32.1 Å². The van der Waals surface area contributed by atoms with Crippen LogP contribution in [0.5, 0.6) is 0 Å². The van der Waals surface area contributed by atoms with Crippen LogP contribution in [0, 0.1) is 5.92 Å². The zero-order chi connectivity index (χ0) is 21.8. The summed E-state index contributed by atoms with van der Waals surface area (Å²) in [5.41, 5.74) is 3.62. The molecule has 3 aliphatic rings. The predicted molar refractivity (Wildman–Crippen MR) is 145 cm³/mol. The molecule has 0 spiro atoms. The van der Waals surface area contributed by atoms with Gasteiger partial charge in [-0.15, -0.1) is 22.7 Å². The smallest absolute Gasteiger partial charge is 0.0491 e. The van der Waals surface area contributed by atoms with Crippen LogP contribution >= 0.6 is 22.7 Å². The molecule has 178 valence electrons. The molecule has 0 radical (unpaired) electrons. The van der Waals surface area contributed by atoms with Gasteiger partial charge in [0.1, 0.15) is 0 Å². The minimum Gasteiger partial charge on any atom is -0.138 e. The molecule has 0 aliphatic heterocycles. The SMILES string of the molecule is CCc1c(C2CCCCCCCCCC2)sc2c3c(sc12)C1CCCCCCCC(C3)C1. The maximum absolute atomic E-state index is 2.44. The van der Waals surface area contributed by atoms with Crippen LogP contribution in [0.1, 0.15) is 155 Å². The van der Waals surface area contributed by atoms with Crippen LogP contribution in [0.2, 0.25) is 0 Å². The first-order valence-electron chi connectivity index (χ1n) is 14.4. The summed E-state index contributed by atoms with van der Waals surface area (Å²) in [6, 6.07) is 0. The van der Waals surface area contributed by atoms with Crippen LogP contribution in [0.25, 0.3) is 9.40 Å². The third-order valence-electron chi connectivity index (χ3n) is 9.00. The molecular weight excluding hydrogens is 424 g/mol. The topological polar surface area (TPSA) is 0 Å². The Morgan fingerprint density at radius 2 is 1.12 bits per heavy atom. The van der Waals surface area contributed by atoms with E-state index in [0.29, 0.717) is 0 Å². The van der Waals surface area contributed by atoms with Crippen molar-refractivity contribution in [1.82, 2.24) is 0 Å². The minimum atomic E-state index is 0.851. The molecule has 2 aromatic heterocycles. The van der Waals surface area contributed by atoms with Crippen molar-refractivity contribution in [2.75, 3.05) is 0 Å². The molecule has 2 bridgehead atoms. The maximum atomic E-state index is 2.44. The fourth-order valence-electron chi connectivity index (χ4n) is 7.20. The minimum absolute atomic E-state index is 0.851. The molecule has 32 heavy (non-hydrogen) atoms. The lowest BCUT2D eigenvalue weighted by atomic mass is 9.76. The lowest BCUT2D eigenvalue weighted by Crippen LogP contribution is -2.18. The van der Waals surface area contributed by atoms with Crippen LogP contribution in [0.4, 0.5) is 0 Å². The van der Waals surface area contributed by atoms with E-state index in [4.69, 9.17) is 0 Å². The van der Waals surface area contributed by atoms with Crippen molar-refractivity contribution in [2.24, 2.45) is 5.92 Å². The van der Waals surface area contributed by atoms with E-state index in [1.54, 1.807) is 15.0 Å². The molecule has 2 fully saturated rings. The highest BCUT2D eigenvalue weighted by Crippen LogP contribution is 2.53. The fourth-order valence-corrected chi connectivity index (χ4v) is 10.6. The first-order valence-corrected chi connectivity index (χ1v) is 16.0. The zero-order valence-corrected chi connectivity index (χ0v) is 22.3. The second-order valence-electron chi connectivity index (χ2n) is 11.4. The standard InChI is InChI=1S/C30H46S2/c1-2-25-27(23-17-13-9-5-3-4-6-10-14-18-23)31-30-26-21-22-16-12-8-7-11-15-19-24(20-22)28(26)32-29(25)30/h22-24H,2-21H2,1H3. The summed E-state index contributed by atoms with van der Waals surface area (Å²) in [7, 11) is 0. The molecule has 2 aromatic rings. The summed E-state index contributed by atoms with van der Waals surface area (Å²) >= 11 is 4.54. The van der Waals surface area contributed by atoms with Crippen molar-refractivity contribution in [3.05, 3.63) is 20.9 Å². The van der Waals surface area contributed by atoms with Crippen molar-refractivity contribution < 1.29 is 0 Å². The number of fused-ring (bicyclic) bond motifs is 6. The van der Waals surface area contributed by atoms with Gasteiger partial charge in [-0.05, 0) is 67.4 Å². The zero-order valence-electron chi connectivity index (χ0n) is 20.7. The molecule has 2 unspecified atom stereocenters. The van der Waals surface area contributed by atoms with Gasteiger partial charge in [-0.2, -0.15) is 0 Å². The molecule has 5 rings (SSSR count). The number of rotatable bonds is 2. The Hall–Kier alpha value is -0.340. The van der Waals surface area contributed by atoms with Gasteiger partial charge in [0.25, 0.3) is 0 Å².